The normalized spacial score (nSPS) is 17.9. The second-order valence-corrected chi connectivity index (χ2v) is 11.5. The molecule has 1 saturated carbocycles. The van der Waals surface area contributed by atoms with Crippen LogP contribution in [0.25, 0.3) is 10.6 Å². The summed E-state index contributed by atoms with van der Waals surface area (Å²) in [7, 11) is -1.88. The highest BCUT2D eigenvalue weighted by Gasteiger charge is 2.40. The molecule has 2 aromatic rings. The quantitative estimate of drug-likeness (QED) is 0.698. The molecular formula is C20H26N4O3S2. The minimum absolute atomic E-state index is 0.0347. The van der Waals surface area contributed by atoms with Gasteiger partial charge in [0.15, 0.2) is 0 Å². The van der Waals surface area contributed by atoms with Crippen molar-refractivity contribution in [2.75, 3.05) is 13.3 Å². The number of nitrogens with zero attached hydrogens (tertiary/aromatic N) is 4. The van der Waals surface area contributed by atoms with Crippen LogP contribution in [0, 0.1) is 19.8 Å². The first-order chi connectivity index (χ1) is 13.6. The van der Waals surface area contributed by atoms with Crippen LogP contribution in [0.5, 0.6) is 0 Å². The molecule has 1 aliphatic heterocycles. The predicted molar refractivity (Wildman–Crippen MR) is 113 cm³/mol. The van der Waals surface area contributed by atoms with E-state index in [1.165, 1.54) is 11.4 Å². The average molecular weight is 435 g/mol. The van der Waals surface area contributed by atoms with Crippen molar-refractivity contribution >= 4 is 27.3 Å². The summed E-state index contributed by atoms with van der Waals surface area (Å²) in [5, 5.41) is 0.953. The summed E-state index contributed by atoms with van der Waals surface area (Å²) in [6.45, 7) is 6.63. The van der Waals surface area contributed by atoms with Gasteiger partial charge in [-0.1, -0.05) is 0 Å². The topological polar surface area (TPSA) is 83.5 Å². The number of hydrogen-bond acceptors (Lipinski definition) is 6. The van der Waals surface area contributed by atoms with Gasteiger partial charge >= 0.3 is 0 Å². The maximum absolute atomic E-state index is 13.2. The number of amides is 1. The minimum Gasteiger partial charge on any atom is -0.331 e. The van der Waals surface area contributed by atoms with E-state index in [-0.39, 0.29) is 18.5 Å². The zero-order valence-corrected chi connectivity index (χ0v) is 19.0. The van der Waals surface area contributed by atoms with Gasteiger partial charge in [-0.15, -0.1) is 11.3 Å². The molecule has 0 bridgehead atoms. The number of carbonyl (C=O) groups excluding carboxylic acids is 1. The van der Waals surface area contributed by atoms with Crippen LogP contribution >= 0.6 is 11.3 Å². The summed E-state index contributed by atoms with van der Waals surface area (Å²) in [6, 6.07) is 2.17. The fourth-order valence-electron chi connectivity index (χ4n) is 3.93. The van der Waals surface area contributed by atoms with Gasteiger partial charge in [-0.05, 0) is 51.2 Å². The Hall–Kier alpha value is -1.84. The second kappa shape index (κ2) is 7.14. The number of aromatic nitrogens is 2. The van der Waals surface area contributed by atoms with Gasteiger partial charge in [0.2, 0.25) is 10.0 Å². The van der Waals surface area contributed by atoms with Gasteiger partial charge in [-0.3, -0.25) is 4.79 Å². The number of sulfonamides is 1. The molecule has 29 heavy (non-hydrogen) atoms. The van der Waals surface area contributed by atoms with Gasteiger partial charge in [0.05, 0.1) is 45.3 Å². The largest absolute Gasteiger partial charge is 0.331 e. The van der Waals surface area contributed by atoms with Gasteiger partial charge in [0.25, 0.3) is 5.91 Å². The van der Waals surface area contributed by atoms with E-state index in [0.29, 0.717) is 23.7 Å². The summed E-state index contributed by atoms with van der Waals surface area (Å²) < 4.78 is 25.2. The third-order valence-corrected chi connectivity index (χ3v) is 8.22. The first-order valence-electron chi connectivity index (χ1n) is 9.75. The first kappa shape index (κ1) is 20.4. The molecule has 0 radical (unpaired) electrons. The highest BCUT2D eigenvalue weighted by atomic mass is 32.2. The molecule has 0 spiro atoms. The Balaban J connectivity index is 1.80. The molecule has 0 aromatic carbocycles. The number of aryl methyl sites for hydroxylation is 2. The van der Waals surface area contributed by atoms with Gasteiger partial charge in [-0.25, -0.2) is 18.4 Å². The zero-order valence-electron chi connectivity index (χ0n) is 17.4. The molecular weight excluding hydrogens is 408 g/mol. The van der Waals surface area contributed by atoms with Crippen molar-refractivity contribution in [3.05, 3.63) is 33.6 Å². The van der Waals surface area contributed by atoms with Gasteiger partial charge in [0, 0.05) is 19.6 Å². The van der Waals surface area contributed by atoms with Crippen molar-refractivity contribution < 1.29 is 13.2 Å². The molecule has 2 aliphatic rings. The Labute approximate surface area is 175 Å². The molecule has 3 heterocycles. The van der Waals surface area contributed by atoms with E-state index < -0.39 is 10.0 Å². The lowest BCUT2D eigenvalue weighted by Crippen LogP contribution is -2.35. The van der Waals surface area contributed by atoms with Gasteiger partial charge < -0.3 is 4.90 Å². The third kappa shape index (κ3) is 3.83. The Morgan fingerprint density at radius 3 is 2.55 bits per heavy atom. The van der Waals surface area contributed by atoms with Crippen LogP contribution in [0.15, 0.2) is 6.07 Å². The Morgan fingerprint density at radius 1 is 1.31 bits per heavy atom. The maximum atomic E-state index is 13.2. The highest BCUT2D eigenvalue weighted by Crippen LogP contribution is 2.40. The number of thiazole rings is 1. The number of pyridine rings is 1. The summed E-state index contributed by atoms with van der Waals surface area (Å²) >= 11 is 1.56. The predicted octanol–water partition coefficient (Wildman–Crippen LogP) is 2.97. The van der Waals surface area contributed by atoms with E-state index in [4.69, 9.17) is 4.98 Å². The van der Waals surface area contributed by atoms with Gasteiger partial charge in [0.1, 0.15) is 0 Å². The van der Waals surface area contributed by atoms with Gasteiger partial charge in [-0.2, -0.15) is 4.31 Å². The molecule has 0 unspecified atom stereocenters. The molecule has 2 aromatic heterocycles. The molecule has 7 nitrogen and oxygen atoms in total. The minimum atomic E-state index is -3.39. The van der Waals surface area contributed by atoms with E-state index in [1.54, 1.807) is 11.3 Å². The average Bonchev–Trinajstić information content (AvgIpc) is 3.34. The fourth-order valence-corrected chi connectivity index (χ4v) is 5.17. The molecule has 1 fully saturated rings. The van der Waals surface area contributed by atoms with Crippen molar-refractivity contribution in [3.8, 4) is 10.6 Å². The van der Waals surface area contributed by atoms with Crippen molar-refractivity contribution in [2.45, 2.75) is 52.7 Å². The van der Waals surface area contributed by atoms with Crippen LogP contribution < -0.4 is 0 Å². The van der Waals surface area contributed by atoms with Crippen LogP contribution in [0.4, 0.5) is 0 Å². The lowest BCUT2D eigenvalue weighted by molar-refractivity contribution is 0.0696. The van der Waals surface area contributed by atoms with Crippen LogP contribution in [0.3, 0.4) is 0 Å². The van der Waals surface area contributed by atoms with Crippen LogP contribution in [0.2, 0.25) is 0 Å². The summed E-state index contributed by atoms with van der Waals surface area (Å²) in [5.41, 5.74) is 3.67. The van der Waals surface area contributed by atoms with Crippen LogP contribution in [-0.2, 0) is 23.1 Å². The van der Waals surface area contributed by atoms with Crippen molar-refractivity contribution in [1.29, 1.82) is 0 Å². The smallest absolute Gasteiger partial charge is 0.256 e. The number of fused-ring (bicyclic) bond motifs is 1. The fraction of sp³-hybridized carbons (Fsp3) is 0.550. The lowest BCUT2D eigenvalue weighted by atomic mass is 10.1. The number of hydrogen-bond donors (Lipinski definition) is 0. The lowest BCUT2D eigenvalue weighted by Gasteiger charge is -2.24. The number of carbonyl (C=O) groups is 1. The SMILES string of the molecule is Cc1nc(C)c(-c2cc3c(c(CN(C)S(C)(=O)=O)n2)C(=O)N([C@@H](C)C2CC2)C3)s1. The van der Waals surface area contributed by atoms with E-state index >= 15 is 0 Å². The molecule has 0 N–H and O–H groups in total. The summed E-state index contributed by atoms with van der Waals surface area (Å²) in [6.07, 6.45) is 3.48. The van der Waals surface area contributed by atoms with Crippen LogP contribution in [-0.4, -0.2) is 52.8 Å². The van der Waals surface area contributed by atoms with E-state index in [1.807, 2.05) is 24.8 Å². The van der Waals surface area contributed by atoms with Crippen molar-refractivity contribution in [1.82, 2.24) is 19.2 Å². The molecule has 9 heteroatoms. The van der Waals surface area contributed by atoms with Crippen molar-refractivity contribution in [2.24, 2.45) is 5.92 Å². The molecule has 156 valence electrons. The Morgan fingerprint density at radius 2 is 2.00 bits per heavy atom. The maximum Gasteiger partial charge on any atom is 0.256 e. The van der Waals surface area contributed by atoms with E-state index in [2.05, 4.69) is 11.9 Å². The highest BCUT2D eigenvalue weighted by molar-refractivity contribution is 7.88. The van der Waals surface area contributed by atoms with Crippen molar-refractivity contribution in [3.63, 3.8) is 0 Å². The zero-order chi connectivity index (χ0) is 21.1. The molecule has 1 amide bonds. The Bertz CT molecular complexity index is 1090. The van der Waals surface area contributed by atoms with E-state index in [9.17, 15) is 13.2 Å². The summed E-state index contributed by atoms with van der Waals surface area (Å²) in [5.74, 6) is 0.529. The monoisotopic (exact) mass is 434 g/mol. The molecule has 1 aliphatic carbocycles. The second-order valence-electron chi connectivity index (χ2n) is 8.17. The van der Waals surface area contributed by atoms with E-state index in [0.717, 1.165) is 45.9 Å². The first-order valence-corrected chi connectivity index (χ1v) is 12.4. The van der Waals surface area contributed by atoms with Crippen LogP contribution in [0.1, 0.15) is 52.1 Å². The summed E-state index contributed by atoms with van der Waals surface area (Å²) in [4.78, 5) is 25.4. The number of rotatable bonds is 6. The third-order valence-electron chi connectivity index (χ3n) is 5.86. The standard InChI is InChI=1S/C20H26N4O3S2/c1-11-19(28-13(3)21-11)16-8-15-9-24(12(2)14-6-7-14)20(25)18(15)17(22-16)10-23(4)29(5,26)27/h8,12,14H,6-7,9-10H2,1-5H3/t12-/m0/s1. The molecule has 1 atom stereocenters. The molecule has 4 rings (SSSR count). The Kier molecular flexibility index (Phi) is 5.03. The molecule has 0 saturated heterocycles.